The van der Waals surface area contributed by atoms with Crippen LogP contribution in [0.2, 0.25) is 0 Å². The number of rotatable bonds is 9. The minimum absolute atomic E-state index is 0.163. The van der Waals surface area contributed by atoms with Gasteiger partial charge in [-0.3, -0.25) is 4.79 Å². The number of benzene rings is 1. The Labute approximate surface area is 151 Å². The molecule has 0 fully saturated rings. The zero-order chi connectivity index (χ0) is 18.1. The van der Waals surface area contributed by atoms with Crippen molar-refractivity contribution in [2.45, 2.75) is 19.0 Å². The first-order valence-corrected chi connectivity index (χ1v) is 8.90. The predicted molar refractivity (Wildman–Crippen MR) is 100 cm³/mol. The number of methoxy groups -OCH3 is 1. The van der Waals surface area contributed by atoms with E-state index in [0.29, 0.717) is 11.1 Å². The van der Waals surface area contributed by atoms with Crippen LogP contribution >= 0.6 is 11.8 Å². The molecule has 0 bridgehead atoms. The summed E-state index contributed by atoms with van der Waals surface area (Å²) in [4.78, 5) is 17.5. The van der Waals surface area contributed by atoms with Crippen molar-refractivity contribution in [1.82, 2.24) is 15.2 Å². The lowest BCUT2D eigenvalue weighted by atomic mass is 10.2. The molecule has 0 atom stereocenters. The second-order valence-corrected chi connectivity index (χ2v) is 5.91. The highest BCUT2D eigenvalue weighted by Crippen LogP contribution is 2.15. The lowest BCUT2D eigenvalue weighted by molar-refractivity contribution is -0.137. The molecule has 2 aromatic rings. The number of carbonyl (C=O) groups excluding carboxylic acids is 1. The lowest BCUT2D eigenvalue weighted by Crippen LogP contribution is -2.21. The third kappa shape index (κ3) is 5.79. The molecule has 0 aliphatic carbocycles. The van der Waals surface area contributed by atoms with Gasteiger partial charge in [-0.2, -0.15) is 10.1 Å². The molecule has 25 heavy (non-hydrogen) atoms. The van der Waals surface area contributed by atoms with Crippen molar-refractivity contribution in [3.8, 4) is 0 Å². The number of esters is 1. The first-order chi connectivity index (χ1) is 12.2. The van der Waals surface area contributed by atoms with Crippen LogP contribution in [0.4, 0.5) is 11.6 Å². The van der Waals surface area contributed by atoms with Crippen LogP contribution in [0.25, 0.3) is 0 Å². The van der Waals surface area contributed by atoms with Gasteiger partial charge in [-0.05, 0) is 31.5 Å². The van der Waals surface area contributed by atoms with Crippen LogP contribution in [-0.4, -0.2) is 53.3 Å². The van der Waals surface area contributed by atoms with E-state index in [9.17, 15) is 4.79 Å². The maximum Gasteiger partial charge on any atom is 0.316 e. The summed E-state index contributed by atoms with van der Waals surface area (Å²) < 4.78 is 4.56. The Balaban J connectivity index is 1.86. The summed E-state index contributed by atoms with van der Waals surface area (Å²) in [7, 11) is 1.34. The van der Waals surface area contributed by atoms with Gasteiger partial charge in [0.1, 0.15) is 0 Å². The van der Waals surface area contributed by atoms with Crippen molar-refractivity contribution >= 4 is 35.6 Å². The van der Waals surface area contributed by atoms with E-state index in [4.69, 9.17) is 0 Å². The number of hydrazone groups is 1. The quantitative estimate of drug-likeness (QED) is 0.306. The number of carbonyl (C=O) groups is 1. The Morgan fingerprint density at radius 2 is 2.08 bits per heavy atom. The molecule has 134 valence electrons. The standard InChI is InChI=1S/C16H22N6O2S/c1-4-22(5-2)13-8-6-12(7-9-13)10-17-19-15-18-16(21-20-15)25-11-14(23)24-3/h6-10H,4-5,11H2,1-3H3,(H2,18,19,20,21)/b17-10-. The first-order valence-electron chi connectivity index (χ1n) is 7.92. The van der Waals surface area contributed by atoms with Gasteiger partial charge in [0, 0.05) is 18.8 Å². The Hall–Kier alpha value is -2.55. The molecule has 0 aliphatic heterocycles. The van der Waals surface area contributed by atoms with Crippen molar-refractivity contribution in [3.63, 3.8) is 0 Å². The van der Waals surface area contributed by atoms with Gasteiger partial charge < -0.3 is 9.64 Å². The number of aromatic amines is 1. The molecule has 8 nitrogen and oxygen atoms in total. The van der Waals surface area contributed by atoms with E-state index in [0.717, 1.165) is 18.7 Å². The molecule has 9 heteroatoms. The summed E-state index contributed by atoms with van der Waals surface area (Å²) in [6, 6.07) is 8.17. The van der Waals surface area contributed by atoms with E-state index in [2.05, 4.69) is 61.3 Å². The Morgan fingerprint density at radius 3 is 2.72 bits per heavy atom. The van der Waals surface area contributed by atoms with Crippen LogP contribution in [0.5, 0.6) is 0 Å². The van der Waals surface area contributed by atoms with E-state index in [1.807, 2.05) is 12.1 Å². The van der Waals surface area contributed by atoms with Gasteiger partial charge in [0.15, 0.2) is 0 Å². The van der Waals surface area contributed by atoms with Crippen molar-refractivity contribution in [2.24, 2.45) is 5.10 Å². The zero-order valence-electron chi connectivity index (χ0n) is 14.5. The van der Waals surface area contributed by atoms with Gasteiger partial charge in [-0.1, -0.05) is 23.9 Å². The van der Waals surface area contributed by atoms with E-state index in [1.165, 1.54) is 24.6 Å². The van der Waals surface area contributed by atoms with Gasteiger partial charge in [-0.25, -0.2) is 10.5 Å². The van der Waals surface area contributed by atoms with E-state index < -0.39 is 0 Å². The molecule has 0 aliphatic rings. The van der Waals surface area contributed by atoms with Gasteiger partial charge >= 0.3 is 5.97 Å². The number of nitrogens with zero attached hydrogens (tertiary/aromatic N) is 4. The van der Waals surface area contributed by atoms with Gasteiger partial charge in [-0.15, -0.1) is 5.10 Å². The molecule has 0 saturated heterocycles. The predicted octanol–water partition coefficient (Wildman–Crippen LogP) is 2.36. The Bertz CT molecular complexity index is 697. The molecule has 0 unspecified atom stereocenters. The normalized spacial score (nSPS) is 10.8. The number of H-pyrrole nitrogens is 1. The second-order valence-electron chi connectivity index (χ2n) is 4.97. The van der Waals surface area contributed by atoms with Gasteiger partial charge in [0.25, 0.3) is 0 Å². The number of thioether (sulfide) groups is 1. The monoisotopic (exact) mass is 362 g/mol. The first kappa shape index (κ1) is 18.8. The topological polar surface area (TPSA) is 95.5 Å². The molecular weight excluding hydrogens is 340 g/mol. The molecule has 0 saturated carbocycles. The highest BCUT2D eigenvalue weighted by Gasteiger charge is 2.07. The minimum Gasteiger partial charge on any atom is -0.468 e. The van der Waals surface area contributed by atoms with Gasteiger partial charge in [0.05, 0.1) is 19.1 Å². The largest absolute Gasteiger partial charge is 0.468 e. The van der Waals surface area contributed by atoms with Crippen molar-refractivity contribution in [1.29, 1.82) is 0 Å². The molecule has 0 amide bonds. The molecule has 0 radical (unpaired) electrons. The molecule has 2 N–H and O–H groups in total. The fourth-order valence-corrected chi connectivity index (χ4v) is 2.70. The summed E-state index contributed by atoms with van der Waals surface area (Å²) in [5.41, 5.74) is 4.94. The average Bonchev–Trinajstić information content (AvgIpc) is 3.10. The number of nitrogens with one attached hydrogen (secondary N) is 2. The van der Waals surface area contributed by atoms with E-state index >= 15 is 0 Å². The smallest absolute Gasteiger partial charge is 0.316 e. The summed E-state index contributed by atoms with van der Waals surface area (Å²) in [5.74, 6) is 0.245. The maximum absolute atomic E-state index is 11.1. The molecular formula is C16H22N6O2S. The van der Waals surface area contributed by atoms with E-state index in [-0.39, 0.29) is 11.7 Å². The van der Waals surface area contributed by atoms with Crippen LogP contribution in [0.15, 0.2) is 34.5 Å². The van der Waals surface area contributed by atoms with Crippen LogP contribution < -0.4 is 10.3 Å². The van der Waals surface area contributed by atoms with Crippen LogP contribution in [0.3, 0.4) is 0 Å². The second kappa shape index (κ2) is 9.67. The van der Waals surface area contributed by atoms with Crippen molar-refractivity contribution < 1.29 is 9.53 Å². The summed E-state index contributed by atoms with van der Waals surface area (Å²) >= 11 is 1.19. The third-order valence-corrected chi connectivity index (χ3v) is 4.24. The molecule has 2 rings (SSSR count). The number of aromatic nitrogens is 3. The Morgan fingerprint density at radius 1 is 1.36 bits per heavy atom. The number of hydrogen-bond acceptors (Lipinski definition) is 8. The minimum atomic E-state index is -0.324. The van der Waals surface area contributed by atoms with Crippen molar-refractivity contribution in [2.75, 3.05) is 36.3 Å². The maximum atomic E-state index is 11.1. The number of ether oxygens (including phenoxy) is 1. The van der Waals surface area contributed by atoms with Crippen LogP contribution in [-0.2, 0) is 9.53 Å². The average molecular weight is 362 g/mol. The van der Waals surface area contributed by atoms with Crippen molar-refractivity contribution in [3.05, 3.63) is 29.8 Å². The third-order valence-electron chi connectivity index (χ3n) is 3.42. The summed E-state index contributed by atoms with van der Waals surface area (Å²) in [5, 5.41) is 11.3. The molecule has 1 heterocycles. The fraction of sp³-hybridized carbons (Fsp3) is 0.375. The molecule has 1 aromatic carbocycles. The lowest BCUT2D eigenvalue weighted by Gasteiger charge is -2.20. The highest BCUT2D eigenvalue weighted by molar-refractivity contribution is 7.99. The summed E-state index contributed by atoms with van der Waals surface area (Å²) in [6.07, 6.45) is 1.70. The van der Waals surface area contributed by atoms with Gasteiger partial charge in [0.2, 0.25) is 11.1 Å². The number of anilines is 2. The fourth-order valence-electron chi connectivity index (χ4n) is 2.07. The Kier molecular flexibility index (Phi) is 7.27. The van der Waals surface area contributed by atoms with Crippen LogP contribution in [0.1, 0.15) is 19.4 Å². The molecule has 1 aromatic heterocycles. The van der Waals surface area contributed by atoms with E-state index in [1.54, 1.807) is 6.21 Å². The number of hydrogen-bond donors (Lipinski definition) is 2. The zero-order valence-corrected chi connectivity index (χ0v) is 15.3. The summed E-state index contributed by atoms with van der Waals surface area (Å²) in [6.45, 7) is 6.23. The molecule has 0 spiro atoms. The highest BCUT2D eigenvalue weighted by atomic mass is 32.2. The van der Waals surface area contributed by atoms with Crippen LogP contribution in [0, 0.1) is 0 Å². The SMILES string of the molecule is CCN(CC)c1ccc(/C=N\Nc2nc(SCC(=O)OC)n[nH]2)cc1.